The van der Waals surface area contributed by atoms with E-state index in [-0.39, 0.29) is 18.6 Å². The van der Waals surface area contributed by atoms with E-state index in [1.807, 2.05) is 24.3 Å². The van der Waals surface area contributed by atoms with Crippen molar-refractivity contribution in [2.75, 3.05) is 11.9 Å². The van der Waals surface area contributed by atoms with Crippen molar-refractivity contribution in [2.45, 2.75) is 25.3 Å². The van der Waals surface area contributed by atoms with Crippen molar-refractivity contribution in [3.63, 3.8) is 0 Å². The molecule has 1 fully saturated rings. The third-order valence-corrected chi connectivity index (χ3v) is 4.06. The highest BCUT2D eigenvalue weighted by atomic mass is 16.3. The van der Waals surface area contributed by atoms with Gasteiger partial charge < -0.3 is 10.4 Å². The number of hydrogen-bond acceptors (Lipinski definition) is 4. The zero-order valence-electron chi connectivity index (χ0n) is 11.2. The maximum absolute atomic E-state index is 9.37. The molecule has 0 unspecified atom stereocenters. The van der Waals surface area contributed by atoms with Gasteiger partial charge in [0.25, 0.3) is 0 Å². The molecule has 0 spiro atoms. The van der Waals surface area contributed by atoms with Crippen molar-refractivity contribution < 1.29 is 5.11 Å². The summed E-state index contributed by atoms with van der Waals surface area (Å²) >= 11 is 0. The smallest absolute Gasteiger partial charge is 0.128 e. The van der Waals surface area contributed by atoms with Crippen molar-refractivity contribution in [3.8, 4) is 6.07 Å². The van der Waals surface area contributed by atoms with Crippen molar-refractivity contribution in [1.29, 1.82) is 5.26 Å². The lowest BCUT2D eigenvalue weighted by Crippen LogP contribution is -2.26. The number of nitrogens with zero attached hydrogens (tertiary/aromatic N) is 2. The summed E-state index contributed by atoms with van der Waals surface area (Å²) in [6.07, 6.45) is 3.22. The molecule has 2 aromatic rings. The zero-order chi connectivity index (χ0) is 13.9. The first-order valence-electron chi connectivity index (χ1n) is 6.99. The van der Waals surface area contributed by atoms with Crippen LogP contribution in [0.4, 0.5) is 5.82 Å². The second-order valence-electron chi connectivity index (χ2n) is 5.31. The molecule has 4 heteroatoms. The van der Waals surface area contributed by atoms with Gasteiger partial charge in [-0.05, 0) is 25.0 Å². The largest absolute Gasteiger partial charge is 0.396 e. The summed E-state index contributed by atoms with van der Waals surface area (Å²) in [4.78, 5) is 4.57. The summed E-state index contributed by atoms with van der Waals surface area (Å²) < 4.78 is 0. The second-order valence-corrected chi connectivity index (χ2v) is 5.31. The molecular weight excluding hydrogens is 250 g/mol. The van der Waals surface area contributed by atoms with E-state index in [9.17, 15) is 10.4 Å². The molecule has 1 aromatic heterocycles. The van der Waals surface area contributed by atoms with Crippen molar-refractivity contribution in [1.82, 2.24) is 4.98 Å². The van der Waals surface area contributed by atoms with Crippen LogP contribution in [0.15, 0.2) is 30.3 Å². The Labute approximate surface area is 118 Å². The lowest BCUT2D eigenvalue weighted by molar-refractivity contribution is 0.222. The van der Waals surface area contributed by atoms with Crippen molar-refractivity contribution >= 4 is 16.7 Å². The lowest BCUT2D eigenvalue weighted by atomic mass is 10.0. The minimum absolute atomic E-state index is 0.205. The van der Waals surface area contributed by atoms with Gasteiger partial charge in [0, 0.05) is 24.0 Å². The Morgan fingerprint density at radius 2 is 2.20 bits per heavy atom. The standard InChI is InChI=1S/C16H17N3O/c17-9-12-8-16(18-14-7-3-4-11(14)10-20)19-15-6-2-1-5-13(12)15/h1-2,5-6,8,11,14,20H,3-4,7,10H2,(H,18,19)/t11-,14+/m1/s1. The van der Waals surface area contributed by atoms with E-state index in [0.717, 1.165) is 36.0 Å². The van der Waals surface area contributed by atoms with Crippen LogP contribution in [0.5, 0.6) is 0 Å². The fourth-order valence-electron chi connectivity index (χ4n) is 2.98. The van der Waals surface area contributed by atoms with Gasteiger partial charge >= 0.3 is 0 Å². The summed E-state index contributed by atoms with van der Waals surface area (Å²) in [5.74, 6) is 1.01. The van der Waals surface area contributed by atoms with E-state index in [4.69, 9.17) is 0 Å². The zero-order valence-corrected chi connectivity index (χ0v) is 11.2. The number of aliphatic hydroxyl groups is 1. The molecular formula is C16H17N3O. The van der Waals surface area contributed by atoms with E-state index < -0.39 is 0 Å². The first-order chi connectivity index (χ1) is 9.81. The average Bonchev–Trinajstić information content (AvgIpc) is 2.93. The van der Waals surface area contributed by atoms with Gasteiger partial charge in [0.2, 0.25) is 0 Å². The van der Waals surface area contributed by atoms with Crippen LogP contribution in [-0.2, 0) is 0 Å². The number of benzene rings is 1. The molecule has 2 N–H and O–H groups in total. The number of nitriles is 1. The molecule has 1 heterocycles. The highest BCUT2D eigenvalue weighted by Gasteiger charge is 2.26. The highest BCUT2D eigenvalue weighted by Crippen LogP contribution is 2.29. The van der Waals surface area contributed by atoms with Crippen LogP contribution < -0.4 is 5.32 Å². The topological polar surface area (TPSA) is 68.9 Å². The Bertz CT molecular complexity index is 662. The number of pyridine rings is 1. The van der Waals surface area contributed by atoms with E-state index >= 15 is 0 Å². The maximum Gasteiger partial charge on any atom is 0.128 e. The first kappa shape index (κ1) is 12.9. The normalized spacial score (nSPS) is 21.8. The van der Waals surface area contributed by atoms with E-state index in [2.05, 4.69) is 16.4 Å². The molecule has 0 aliphatic heterocycles. The molecule has 1 saturated carbocycles. The Kier molecular flexibility index (Phi) is 3.53. The van der Waals surface area contributed by atoms with Gasteiger partial charge in [0.1, 0.15) is 5.82 Å². The number of aliphatic hydroxyl groups excluding tert-OH is 1. The molecule has 4 nitrogen and oxygen atoms in total. The third-order valence-electron chi connectivity index (χ3n) is 4.06. The Morgan fingerprint density at radius 1 is 1.35 bits per heavy atom. The number of anilines is 1. The van der Waals surface area contributed by atoms with Crippen LogP contribution in [-0.4, -0.2) is 22.7 Å². The third kappa shape index (κ3) is 2.33. The molecule has 0 saturated heterocycles. The highest BCUT2D eigenvalue weighted by molar-refractivity contribution is 5.86. The van der Waals surface area contributed by atoms with E-state index in [0.29, 0.717) is 5.56 Å². The number of para-hydroxylation sites is 1. The van der Waals surface area contributed by atoms with Crippen LogP contribution in [0.1, 0.15) is 24.8 Å². The minimum Gasteiger partial charge on any atom is -0.396 e. The average molecular weight is 267 g/mol. The van der Waals surface area contributed by atoms with Crippen LogP contribution in [0.3, 0.4) is 0 Å². The lowest BCUT2D eigenvalue weighted by Gasteiger charge is -2.20. The second kappa shape index (κ2) is 5.48. The number of hydrogen-bond donors (Lipinski definition) is 2. The summed E-state index contributed by atoms with van der Waals surface area (Å²) in [7, 11) is 0. The van der Waals surface area contributed by atoms with Crippen LogP contribution >= 0.6 is 0 Å². The van der Waals surface area contributed by atoms with Gasteiger partial charge in [-0.15, -0.1) is 0 Å². The molecule has 0 radical (unpaired) electrons. The summed E-state index contributed by atoms with van der Waals surface area (Å²) in [6, 6.07) is 11.9. The predicted octanol–water partition coefficient (Wildman–Crippen LogP) is 2.68. The molecule has 3 rings (SSSR count). The summed E-state index contributed by atoms with van der Waals surface area (Å²) in [6.45, 7) is 0.205. The summed E-state index contributed by atoms with van der Waals surface area (Å²) in [5.41, 5.74) is 1.46. The van der Waals surface area contributed by atoms with Crippen molar-refractivity contribution in [3.05, 3.63) is 35.9 Å². The number of aromatic nitrogens is 1. The number of nitrogens with one attached hydrogen (secondary N) is 1. The molecule has 2 atom stereocenters. The van der Waals surface area contributed by atoms with Crippen LogP contribution in [0.2, 0.25) is 0 Å². The molecule has 102 valence electrons. The molecule has 0 bridgehead atoms. The molecule has 1 aromatic carbocycles. The fourth-order valence-corrected chi connectivity index (χ4v) is 2.98. The maximum atomic E-state index is 9.37. The number of rotatable bonds is 3. The first-order valence-corrected chi connectivity index (χ1v) is 6.99. The van der Waals surface area contributed by atoms with E-state index in [1.165, 1.54) is 0 Å². The van der Waals surface area contributed by atoms with Crippen LogP contribution in [0, 0.1) is 17.2 Å². The molecule has 1 aliphatic rings. The van der Waals surface area contributed by atoms with Crippen LogP contribution in [0.25, 0.3) is 10.9 Å². The van der Waals surface area contributed by atoms with Gasteiger partial charge in [-0.2, -0.15) is 5.26 Å². The minimum atomic E-state index is 0.205. The van der Waals surface area contributed by atoms with Gasteiger partial charge in [0.05, 0.1) is 17.1 Å². The van der Waals surface area contributed by atoms with Crippen molar-refractivity contribution in [2.24, 2.45) is 5.92 Å². The Balaban J connectivity index is 1.94. The fraction of sp³-hybridized carbons (Fsp3) is 0.375. The predicted molar refractivity (Wildman–Crippen MR) is 78.3 cm³/mol. The quantitative estimate of drug-likeness (QED) is 0.897. The van der Waals surface area contributed by atoms with Gasteiger partial charge in [-0.1, -0.05) is 24.6 Å². The van der Waals surface area contributed by atoms with Gasteiger partial charge in [-0.3, -0.25) is 0 Å². The van der Waals surface area contributed by atoms with Gasteiger partial charge in [0.15, 0.2) is 0 Å². The molecule has 20 heavy (non-hydrogen) atoms. The Hall–Kier alpha value is -2.12. The van der Waals surface area contributed by atoms with Gasteiger partial charge in [-0.25, -0.2) is 4.98 Å². The SMILES string of the molecule is N#Cc1cc(N[C@H]2CCC[C@@H]2CO)nc2ccccc12. The molecule has 0 amide bonds. The number of fused-ring (bicyclic) bond motifs is 1. The summed E-state index contributed by atoms with van der Waals surface area (Å²) in [5, 5.41) is 22.9. The van der Waals surface area contributed by atoms with E-state index in [1.54, 1.807) is 6.07 Å². The monoisotopic (exact) mass is 267 g/mol. The Morgan fingerprint density at radius 3 is 3.00 bits per heavy atom. The molecule has 1 aliphatic carbocycles.